The number of hydrogen-bond donors (Lipinski definition) is 0. The van der Waals surface area contributed by atoms with Gasteiger partial charge in [0.2, 0.25) is 0 Å². The van der Waals surface area contributed by atoms with Crippen molar-refractivity contribution in [1.29, 1.82) is 0 Å². The van der Waals surface area contributed by atoms with Gasteiger partial charge in [-0.2, -0.15) is 0 Å². The fraction of sp³-hybridized carbons (Fsp3) is 0.0667. The van der Waals surface area contributed by atoms with Crippen molar-refractivity contribution >= 4 is 82.8 Å². The second-order valence-corrected chi connectivity index (χ2v) is 16.1. The quantitative estimate of drug-likeness (QED) is 0.102. The van der Waals surface area contributed by atoms with E-state index in [9.17, 15) is 9.59 Å². The number of anilines is 3. The molecule has 0 N–H and O–H groups in total. The number of ketones is 2. The first-order valence-corrected chi connectivity index (χ1v) is 19.5. The Morgan fingerprint density at radius 3 is 2.00 bits per heavy atom. The topological polar surface area (TPSA) is 63.2 Å². The summed E-state index contributed by atoms with van der Waals surface area (Å²) in [6, 6.07) is 45.9. The number of carbonyl (C=O) groups is 2. The molecule has 0 fully saturated rings. The van der Waals surface area contributed by atoms with Crippen LogP contribution in [-0.4, -0.2) is 34.5 Å². The van der Waals surface area contributed by atoms with E-state index in [2.05, 4.69) is 110 Å². The molecule has 6 aromatic carbocycles. The zero-order valence-electron chi connectivity index (χ0n) is 28.3. The molecular weight excluding hydrogens is 726 g/mol. The fourth-order valence-corrected chi connectivity index (χ4v) is 10.1. The molecule has 0 saturated carbocycles. The fourth-order valence-electron chi connectivity index (χ4n) is 7.88. The van der Waals surface area contributed by atoms with Crippen LogP contribution in [0.15, 0.2) is 139 Å². The summed E-state index contributed by atoms with van der Waals surface area (Å²) in [5.41, 5.74) is 12.0. The van der Waals surface area contributed by atoms with Crippen LogP contribution < -0.4 is 4.90 Å². The molecule has 10 rings (SSSR count). The molecule has 0 amide bonds. The van der Waals surface area contributed by atoms with Crippen LogP contribution in [0.4, 0.5) is 17.1 Å². The summed E-state index contributed by atoms with van der Waals surface area (Å²) in [5.74, 6) is -0.433. The van der Waals surface area contributed by atoms with Crippen LogP contribution in [0.3, 0.4) is 0 Å². The van der Waals surface area contributed by atoms with Gasteiger partial charge in [0.15, 0.2) is 0 Å². The predicted octanol–water partition coefficient (Wildman–Crippen LogP) is 10.8. The van der Waals surface area contributed by atoms with Crippen molar-refractivity contribution in [3.8, 4) is 21.6 Å². The number of carbonyl (C=O) groups excluding carboxylic acids is 2. The maximum absolute atomic E-state index is 13.4. The second kappa shape index (κ2) is 11.7. The summed E-state index contributed by atoms with van der Waals surface area (Å²) >= 11 is 1.31. The molecule has 5 nitrogen and oxygen atoms in total. The third-order valence-electron chi connectivity index (χ3n) is 10.5. The van der Waals surface area contributed by atoms with E-state index in [1.165, 1.54) is 22.5 Å². The Bertz CT molecular complexity index is 2770. The first-order chi connectivity index (χ1) is 25.4. The normalized spacial score (nSPS) is 14.5. The number of allylic oxidation sites excluding steroid dienone is 1. The zero-order chi connectivity index (χ0) is 35.1. The average Bonchev–Trinajstić information content (AvgIpc) is 3.91. The molecule has 0 unspecified atom stereocenters. The maximum atomic E-state index is 13.4. The van der Waals surface area contributed by atoms with Crippen LogP contribution >= 0.6 is 11.3 Å². The van der Waals surface area contributed by atoms with Crippen LogP contribution in [0.25, 0.3) is 49.4 Å². The van der Waals surface area contributed by atoms with Gasteiger partial charge >= 0.3 is 288 Å². The molecule has 8 aromatic rings. The molecule has 0 spiro atoms. The standard InChI is InChI=1S/C45H29N3O2SSe/c1-45(2)36-14-8-9-15-38(36)48(29-12-4-3-5-13-29)39-20-16-28(24-37(39)45)31-18-19-32(42-41(31)46-52-47-42)40-21-17-30(51-40)25-35-43(49)33-22-26-10-6-7-11-27(26)23-34(33)44(35)50/h3-25H,1-2H3. The molecule has 2 aliphatic rings. The number of thiophene rings is 1. The molecule has 248 valence electrons. The van der Waals surface area contributed by atoms with Crippen molar-refractivity contribution in [1.82, 2.24) is 7.96 Å². The number of hydrogen-bond acceptors (Lipinski definition) is 6. The first kappa shape index (κ1) is 31.1. The van der Waals surface area contributed by atoms with Gasteiger partial charge in [-0.1, -0.05) is 24.3 Å². The summed E-state index contributed by atoms with van der Waals surface area (Å²) in [7, 11) is 0. The van der Waals surface area contributed by atoms with Crippen molar-refractivity contribution in [2.45, 2.75) is 19.3 Å². The van der Waals surface area contributed by atoms with Crippen molar-refractivity contribution in [3.05, 3.63) is 166 Å². The Hall–Kier alpha value is -5.72. The number of rotatable bonds is 4. The van der Waals surface area contributed by atoms with Crippen molar-refractivity contribution < 1.29 is 9.59 Å². The van der Waals surface area contributed by atoms with Gasteiger partial charge in [0.25, 0.3) is 0 Å². The SMILES string of the molecule is CC1(C)c2ccccc2N(c2ccccc2)c2ccc(-c3ccc(-c4ccc(C=C5C(=O)c6cc7ccccc7cc6C5=O)s4)c4n[se]nc34)cc21. The Balaban J connectivity index is 1.02. The van der Waals surface area contributed by atoms with E-state index >= 15 is 0 Å². The van der Waals surface area contributed by atoms with Gasteiger partial charge in [0, 0.05) is 0 Å². The van der Waals surface area contributed by atoms with E-state index in [1.807, 2.05) is 42.5 Å². The molecule has 7 heteroatoms. The summed E-state index contributed by atoms with van der Waals surface area (Å²) < 4.78 is 9.87. The number of nitrogens with zero attached hydrogens (tertiary/aromatic N) is 3. The number of Topliss-reactive ketones (excluding diaryl/α,β-unsaturated/α-hetero) is 2. The Morgan fingerprint density at radius 1 is 0.615 bits per heavy atom. The molecule has 0 atom stereocenters. The molecule has 1 aliphatic carbocycles. The van der Waals surface area contributed by atoms with Crippen molar-refractivity contribution in [2.24, 2.45) is 0 Å². The van der Waals surface area contributed by atoms with Gasteiger partial charge in [-0.3, -0.25) is 0 Å². The van der Waals surface area contributed by atoms with Crippen LogP contribution in [0.1, 0.15) is 50.6 Å². The Kier molecular flexibility index (Phi) is 6.96. The van der Waals surface area contributed by atoms with E-state index in [-0.39, 0.29) is 37.5 Å². The van der Waals surface area contributed by atoms with Gasteiger partial charge in [0.05, 0.1) is 0 Å². The zero-order valence-corrected chi connectivity index (χ0v) is 30.8. The monoisotopic (exact) mass is 755 g/mol. The molecule has 3 heterocycles. The van der Waals surface area contributed by atoms with Crippen LogP contribution in [0, 0.1) is 0 Å². The molecule has 1 aliphatic heterocycles. The number of para-hydroxylation sites is 2. The minimum atomic E-state index is -0.246. The van der Waals surface area contributed by atoms with Crippen molar-refractivity contribution in [3.63, 3.8) is 0 Å². The van der Waals surface area contributed by atoms with Gasteiger partial charge in [0.1, 0.15) is 0 Å². The number of benzene rings is 6. The summed E-state index contributed by atoms with van der Waals surface area (Å²) in [6.45, 7) is 4.62. The Labute approximate surface area is 310 Å². The van der Waals surface area contributed by atoms with Gasteiger partial charge in [-0.15, -0.1) is 0 Å². The third kappa shape index (κ3) is 4.67. The predicted molar refractivity (Wildman–Crippen MR) is 213 cm³/mol. The molecule has 0 radical (unpaired) electrons. The van der Waals surface area contributed by atoms with E-state index in [0.717, 1.165) is 53.9 Å². The van der Waals surface area contributed by atoms with Gasteiger partial charge in [-0.05, 0) is 0 Å². The molecule has 0 bridgehead atoms. The van der Waals surface area contributed by atoms with Crippen molar-refractivity contribution in [2.75, 3.05) is 4.90 Å². The van der Waals surface area contributed by atoms with E-state index in [4.69, 9.17) is 7.96 Å². The number of fused-ring (bicyclic) bond motifs is 5. The van der Waals surface area contributed by atoms with Crippen LogP contribution in [0.2, 0.25) is 0 Å². The molecule has 52 heavy (non-hydrogen) atoms. The first-order valence-electron chi connectivity index (χ1n) is 17.2. The molecule has 2 aromatic heterocycles. The van der Waals surface area contributed by atoms with Crippen LogP contribution in [-0.2, 0) is 5.41 Å². The third-order valence-corrected chi connectivity index (χ3v) is 12.7. The number of aromatic nitrogens is 2. The Morgan fingerprint density at radius 2 is 1.25 bits per heavy atom. The summed E-state index contributed by atoms with van der Waals surface area (Å²) in [6.07, 6.45) is 1.75. The average molecular weight is 755 g/mol. The molecular formula is C45H29N3O2SSe. The van der Waals surface area contributed by atoms with Crippen LogP contribution in [0.5, 0.6) is 0 Å². The summed E-state index contributed by atoms with van der Waals surface area (Å²) in [4.78, 5) is 31.1. The van der Waals surface area contributed by atoms with E-state index < -0.39 is 0 Å². The van der Waals surface area contributed by atoms with E-state index in [1.54, 1.807) is 17.4 Å². The second-order valence-electron chi connectivity index (χ2n) is 13.8. The van der Waals surface area contributed by atoms with E-state index in [0.29, 0.717) is 11.1 Å². The van der Waals surface area contributed by atoms with Gasteiger partial charge < -0.3 is 0 Å². The summed E-state index contributed by atoms with van der Waals surface area (Å²) in [5, 5.41) is 1.91. The minimum absolute atomic E-state index is 0.214. The van der Waals surface area contributed by atoms with Gasteiger partial charge in [-0.25, -0.2) is 0 Å². The molecule has 0 saturated heterocycles.